The SMILES string of the molecule is COCON=C(C(C)=O)C(=O)OC. The van der Waals surface area contributed by atoms with Gasteiger partial charge in [0.25, 0.3) is 0 Å². The van der Waals surface area contributed by atoms with Gasteiger partial charge in [0, 0.05) is 14.0 Å². The van der Waals surface area contributed by atoms with E-state index >= 15 is 0 Å². The van der Waals surface area contributed by atoms with Crippen molar-refractivity contribution in [2.75, 3.05) is 21.0 Å². The number of rotatable bonds is 5. The lowest BCUT2D eigenvalue weighted by atomic mass is 10.3. The van der Waals surface area contributed by atoms with Crippen LogP contribution < -0.4 is 0 Å². The zero-order valence-electron chi connectivity index (χ0n) is 7.70. The van der Waals surface area contributed by atoms with Crippen LogP contribution in [0.15, 0.2) is 5.16 Å². The third-order valence-corrected chi connectivity index (χ3v) is 1.04. The van der Waals surface area contributed by atoms with E-state index in [-0.39, 0.29) is 12.5 Å². The number of hydrogen-bond donors (Lipinski definition) is 0. The van der Waals surface area contributed by atoms with E-state index in [0.717, 1.165) is 7.11 Å². The molecule has 0 radical (unpaired) electrons. The van der Waals surface area contributed by atoms with E-state index in [0.29, 0.717) is 0 Å². The summed E-state index contributed by atoms with van der Waals surface area (Å²) >= 11 is 0. The maximum Gasteiger partial charge on any atom is 0.363 e. The second-order valence-corrected chi connectivity index (χ2v) is 2.02. The minimum absolute atomic E-state index is 0.131. The van der Waals surface area contributed by atoms with Gasteiger partial charge in [-0.3, -0.25) is 4.79 Å². The maximum atomic E-state index is 10.9. The van der Waals surface area contributed by atoms with Gasteiger partial charge in [-0.1, -0.05) is 5.16 Å². The Labute approximate surface area is 75.4 Å². The van der Waals surface area contributed by atoms with E-state index in [4.69, 9.17) is 0 Å². The highest BCUT2D eigenvalue weighted by atomic mass is 16.7. The number of carbonyl (C=O) groups excluding carboxylic acids is 2. The van der Waals surface area contributed by atoms with Crippen molar-refractivity contribution in [3.05, 3.63) is 0 Å². The molecule has 0 saturated carbocycles. The van der Waals surface area contributed by atoms with Crippen LogP contribution in [-0.2, 0) is 23.9 Å². The van der Waals surface area contributed by atoms with Gasteiger partial charge in [0.15, 0.2) is 5.78 Å². The number of nitrogens with zero attached hydrogens (tertiary/aromatic N) is 1. The fraction of sp³-hybridized carbons (Fsp3) is 0.571. The van der Waals surface area contributed by atoms with Crippen molar-refractivity contribution in [2.45, 2.75) is 6.92 Å². The summed E-state index contributed by atoms with van der Waals surface area (Å²) < 4.78 is 8.79. The molecule has 0 atom stereocenters. The lowest BCUT2D eigenvalue weighted by Gasteiger charge is -2.00. The maximum absolute atomic E-state index is 10.9. The molecule has 0 aliphatic rings. The number of carbonyl (C=O) groups is 2. The molecule has 0 aliphatic heterocycles. The number of hydrogen-bond acceptors (Lipinski definition) is 6. The summed E-state index contributed by atoms with van der Waals surface area (Å²) in [5.74, 6) is -1.36. The van der Waals surface area contributed by atoms with Gasteiger partial charge in [0.05, 0.1) is 7.11 Å². The van der Waals surface area contributed by atoms with Crippen molar-refractivity contribution in [2.24, 2.45) is 5.16 Å². The molecule has 6 nitrogen and oxygen atoms in total. The first-order valence-corrected chi connectivity index (χ1v) is 3.41. The Morgan fingerprint density at radius 1 is 1.31 bits per heavy atom. The molecule has 0 bridgehead atoms. The van der Waals surface area contributed by atoms with Crippen LogP contribution in [0.4, 0.5) is 0 Å². The summed E-state index contributed by atoms with van der Waals surface area (Å²) in [6.07, 6.45) is 0. The third-order valence-electron chi connectivity index (χ3n) is 1.04. The number of Topliss-reactive ketones (excluding diaryl/α,β-unsaturated/α-hetero) is 1. The molecule has 13 heavy (non-hydrogen) atoms. The summed E-state index contributed by atoms with van der Waals surface area (Å²) in [7, 11) is 2.54. The average Bonchev–Trinajstić information content (AvgIpc) is 2.11. The van der Waals surface area contributed by atoms with Gasteiger partial charge in [-0.25, -0.2) is 4.79 Å². The molecule has 0 aliphatic carbocycles. The summed E-state index contributed by atoms with van der Waals surface area (Å²) in [5, 5.41) is 3.25. The van der Waals surface area contributed by atoms with E-state index in [1.807, 2.05) is 0 Å². The molecule has 0 saturated heterocycles. The molecule has 0 unspecified atom stereocenters. The normalized spacial score (nSPS) is 10.8. The molecule has 0 aromatic carbocycles. The Hall–Kier alpha value is -1.43. The molecule has 0 aromatic heterocycles. The second-order valence-electron chi connectivity index (χ2n) is 2.02. The van der Waals surface area contributed by atoms with E-state index in [2.05, 4.69) is 19.5 Å². The molecule has 0 spiro atoms. The van der Waals surface area contributed by atoms with Crippen LogP contribution in [0.5, 0.6) is 0 Å². The summed E-state index contributed by atoms with van der Waals surface area (Å²) in [4.78, 5) is 26.1. The van der Waals surface area contributed by atoms with Crippen molar-refractivity contribution < 1.29 is 23.9 Å². The number of esters is 1. The minimum atomic E-state index is -0.830. The van der Waals surface area contributed by atoms with Crippen molar-refractivity contribution in [1.29, 1.82) is 0 Å². The van der Waals surface area contributed by atoms with Crippen molar-refractivity contribution in [3.63, 3.8) is 0 Å². The first kappa shape index (κ1) is 11.6. The topological polar surface area (TPSA) is 74.2 Å². The largest absolute Gasteiger partial charge is 0.464 e. The van der Waals surface area contributed by atoms with Crippen molar-refractivity contribution in [3.8, 4) is 0 Å². The monoisotopic (exact) mass is 189 g/mol. The Kier molecular flexibility index (Phi) is 5.45. The lowest BCUT2D eigenvalue weighted by Crippen LogP contribution is -2.23. The Balaban J connectivity index is 4.32. The summed E-state index contributed by atoms with van der Waals surface area (Å²) in [6.45, 7) is 1.06. The fourth-order valence-electron chi connectivity index (χ4n) is 0.486. The average molecular weight is 189 g/mol. The standard InChI is InChI=1S/C7H11NO5/c1-5(9)6(7(10)12-3)8-13-4-11-2/h4H2,1-3H3. The molecule has 0 aromatic rings. The van der Waals surface area contributed by atoms with Crippen LogP contribution in [0.3, 0.4) is 0 Å². The molecular weight excluding hydrogens is 178 g/mol. The molecular formula is C7H11NO5. The first-order chi connectivity index (χ1) is 6.13. The predicted octanol–water partition coefficient (Wildman–Crippen LogP) is -0.275. The predicted molar refractivity (Wildman–Crippen MR) is 43.1 cm³/mol. The van der Waals surface area contributed by atoms with Gasteiger partial charge in [-0.15, -0.1) is 0 Å². The highest BCUT2D eigenvalue weighted by molar-refractivity contribution is 6.63. The molecule has 0 rings (SSSR count). The van der Waals surface area contributed by atoms with Gasteiger partial charge in [-0.2, -0.15) is 0 Å². The Morgan fingerprint density at radius 3 is 2.31 bits per heavy atom. The van der Waals surface area contributed by atoms with Gasteiger partial charge in [0.2, 0.25) is 12.5 Å². The molecule has 0 heterocycles. The zero-order valence-corrected chi connectivity index (χ0v) is 7.70. The Bertz CT molecular complexity index is 223. The minimum Gasteiger partial charge on any atom is -0.464 e. The molecule has 0 amide bonds. The zero-order chi connectivity index (χ0) is 10.3. The van der Waals surface area contributed by atoms with Crippen LogP contribution in [0.25, 0.3) is 0 Å². The van der Waals surface area contributed by atoms with Crippen LogP contribution in [0, 0.1) is 0 Å². The quantitative estimate of drug-likeness (QED) is 0.148. The number of ketones is 1. The van der Waals surface area contributed by atoms with Gasteiger partial charge < -0.3 is 14.3 Å². The second kappa shape index (κ2) is 6.13. The van der Waals surface area contributed by atoms with Crippen LogP contribution in [0.2, 0.25) is 0 Å². The molecule has 0 N–H and O–H groups in total. The van der Waals surface area contributed by atoms with Gasteiger partial charge in [-0.05, 0) is 0 Å². The fourth-order valence-corrected chi connectivity index (χ4v) is 0.486. The number of oxime groups is 1. The lowest BCUT2D eigenvalue weighted by molar-refractivity contribution is -0.133. The first-order valence-electron chi connectivity index (χ1n) is 3.41. The smallest absolute Gasteiger partial charge is 0.363 e. The highest BCUT2D eigenvalue weighted by Crippen LogP contribution is 1.88. The highest BCUT2D eigenvalue weighted by Gasteiger charge is 2.17. The number of ether oxygens (including phenoxy) is 2. The van der Waals surface area contributed by atoms with Gasteiger partial charge >= 0.3 is 5.97 Å². The van der Waals surface area contributed by atoms with E-state index < -0.39 is 11.8 Å². The van der Waals surface area contributed by atoms with Crippen LogP contribution >= 0.6 is 0 Å². The van der Waals surface area contributed by atoms with Crippen LogP contribution in [-0.4, -0.2) is 38.5 Å². The van der Waals surface area contributed by atoms with Crippen molar-refractivity contribution >= 4 is 17.5 Å². The Morgan fingerprint density at radius 2 is 1.92 bits per heavy atom. The summed E-state index contributed by atoms with van der Waals surface area (Å²) in [6, 6.07) is 0. The molecule has 6 heteroatoms. The molecule has 74 valence electrons. The summed E-state index contributed by atoms with van der Waals surface area (Å²) in [5.41, 5.74) is -0.389. The van der Waals surface area contributed by atoms with E-state index in [1.54, 1.807) is 0 Å². The van der Waals surface area contributed by atoms with Crippen LogP contribution in [0.1, 0.15) is 6.92 Å². The molecule has 0 fully saturated rings. The van der Waals surface area contributed by atoms with Crippen molar-refractivity contribution in [1.82, 2.24) is 0 Å². The number of methoxy groups -OCH3 is 2. The van der Waals surface area contributed by atoms with Gasteiger partial charge in [0.1, 0.15) is 0 Å². The van der Waals surface area contributed by atoms with E-state index in [1.165, 1.54) is 14.0 Å². The third kappa shape index (κ3) is 4.22. The van der Waals surface area contributed by atoms with E-state index in [9.17, 15) is 9.59 Å².